The van der Waals surface area contributed by atoms with E-state index in [-0.39, 0.29) is 11.8 Å². The number of aliphatic hydroxyl groups is 1. The van der Waals surface area contributed by atoms with Gasteiger partial charge in [0.25, 0.3) is 0 Å². The van der Waals surface area contributed by atoms with E-state index >= 15 is 0 Å². The maximum absolute atomic E-state index is 11.5. The second kappa shape index (κ2) is 7.24. The predicted molar refractivity (Wildman–Crippen MR) is 95.7 cm³/mol. The lowest BCUT2D eigenvalue weighted by molar-refractivity contribution is -0.0898. The van der Waals surface area contributed by atoms with Gasteiger partial charge in [-0.3, -0.25) is 4.79 Å². The van der Waals surface area contributed by atoms with Crippen LogP contribution in [0.5, 0.6) is 0 Å². The highest BCUT2D eigenvalue weighted by Gasteiger charge is 2.53. The number of benzene rings is 1. The predicted octanol–water partition coefficient (Wildman–Crippen LogP) is 2.90. The molecule has 1 amide bonds. The smallest absolute Gasteiger partial charge is 0.248 e. The molecule has 1 aromatic carbocycles. The van der Waals surface area contributed by atoms with Crippen LogP contribution in [-0.2, 0) is 5.60 Å². The molecule has 0 spiro atoms. The van der Waals surface area contributed by atoms with E-state index in [1.54, 1.807) is 12.1 Å². The lowest BCUT2D eigenvalue weighted by atomic mass is 9.75. The SMILES string of the molecule is CCCCCCN1CC2CCC(C1)C2(O)c1cccc(C(N)=O)c1. The average Bonchev–Trinajstić information content (AvgIpc) is 2.76. The van der Waals surface area contributed by atoms with E-state index < -0.39 is 11.5 Å². The molecule has 2 fully saturated rings. The van der Waals surface area contributed by atoms with Gasteiger partial charge in [-0.2, -0.15) is 0 Å². The maximum atomic E-state index is 11.5. The zero-order chi connectivity index (χ0) is 17.2. The van der Waals surface area contributed by atoms with Gasteiger partial charge in [-0.25, -0.2) is 0 Å². The third-order valence-electron chi connectivity index (χ3n) is 6.00. The summed E-state index contributed by atoms with van der Waals surface area (Å²) in [4.78, 5) is 14.0. The number of amides is 1. The average molecular weight is 330 g/mol. The Morgan fingerprint density at radius 3 is 2.58 bits per heavy atom. The number of carbonyl (C=O) groups excluding carboxylic acids is 1. The minimum atomic E-state index is -0.800. The van der Waals surface area contributed by atoms with Gasteiger partial charge >= 0.3 is 0 Å². The monoisotopic (exact) mass is 330 g/mol. The van der Waals surface area contributed by atoms with Gasteiger partial charge in [0.05, 0.1) is 5.60 Å². The first kappa shape index (κ1) is 17.4. The topological polar surface area (TPSA) is 66.6 Å². The molecule has 1 saturated heterocycles. The van der Waals surface area contributed by atoms with E-state index in [4.69, 9.17) is 5.73 Å². The number of rotatable bonds is 7. The van der Waals surface area contributed by atoms with Crippen molar-refractivity contribution < 1.29 is 9.90 Å². The van der Waals surface area contributed by atoms with Gasteiger partial charge in [0.2, 0.25) is 5.91 Å². The van der Waals surface area contributed by atoms with Crippen molar-refractivity contribution in [3.05, 3.63) is 35.4 Å². The van der Waals surface area contributed by atoms with E-state index in [2.05, 4.69) is 11.8 Å². The summed E-state index contributed by atoms with van der Waals surface area (Å²) in [5.74, 6) is 0.0808. The minimum absolute atomic E-state index is 0.255. The first-order chi connectivity index (χ1) is 11.6. The third-order valence-corrected chi connectivity index (χ3v) is 6.00. The molecule has 2 bridgehead atoms. The van der Waals surface area contributed by atoms with Crippen LogP contribution < -0.4 is 5.73 Å². The van der Waals surface area contributed by atoms with Crippen LogP contribution in [0, 0.1) is 11.8 Å². The first-order valence-electron chi connectivity index (χ1n) is 9.40. The summed E-state index contributed by atoms with van der Waals surface area (Å²) in [6.45, 7) is 5.30. The van der Waals surface area contributed by atoms with Gasteiger partial charge in [0.15, 0.2) is 0 Å². The number of carbonyl (C=O) groups is 1. The lowest BCUT2D eigenvalue weighted by Gasteiger charge is -2.45. The zero-order valence-corrected chi connectivity index (χ0v) is 14.7. The Morgan fingerprint density at radius 1 is 1.25 bits per heavy atom. The molecule has 3 N–H and O–H groups in total. The van der Waals surface area contributed by atoms with Crippen molar-refractivity contribution >= 4 is 5.91 Å². The third kappa shape index (κ3) is 3.22. The van der Waals surface area contributed by atoms with Crippen LogP contribution in [0.1, 0.15) is 61.4 Å². The number of hydrogen-bond acceptors (Lipinski definition) is 3. The summed E-state index contributed by atoms with van der Waals surface area (Å²) in [5, 5.41) is 11.5. The van der Waals surface area contributed by atoms with Gasteiger partial charge < -0.3 is 15.7 Å². The summed E-state index contributed by atoms with van der Waals surface area (Å²) >= 11 is 0. The fourth-order valence-corrected chi connectivity index (χ4v) is 4.67. The van der Waals surface area contributed by atoms with Crippen molar-refractivity contribution in [1.29, 1.82) is 0 Å². The highest BCUT2D eigenvalue weighted by atomic mass is 16.3. The van der Waals surface area contributed by atoms with E-state index in [0.29, 0.717) is 5.56 Å². The lowest BCUT2D eigenvalue weighted by Crippen LogP contribution is -2.52. The van der Waals surface area contributed by atoms with Crippen molar-refractivity contribution in [2.75, 3.05) is 19.6 Å². The van der Waals surface area contributed by atoms with Crippen LogP contribution in [-0.4, -0.2) is 35.5 Å². The molecule has 1 heterocycles. The summed E-state index contributed by atoms with van der Waals surface area (Å²) in [7, 11) is 0. The summed E-state index contributed by atoms with van der Waals surface area (Å²) < 4.78 is 0. The maximum Gasteiger partial charge on any atom is 0.248 e. The molecule has 2 aliphatic rings. The van der Waals surface area contributed by atoms with Crippen molar-refractivity contribution in [3.63, 3.8) is 0 Å². The second-order valence-corrected chi connectivity index (χ2v) is 7.56. The number of nitrogens with zero attached hydrogens (tertiary/aromatic N) is 1. The summed E-state index contributed by atoms with van der Waals surface area (Å²) in [6.07, 6.45) is 7.25. The van der Waals surface area contributed by atoms with Crippen LogP contribution in [0.25, 0.3) is 0 Å². The van der Waals surface area contributed by atoms with Gasteiger partial charge in [0.1, 0.15) is 0 Å². The largest absolute Gasteiger partial charge is 0.384 e. The second-order valence-electron chi connectivity index (χ2n) is 7.56. The fraction of sp³-hybridized carbons (Fsp3) is 0.650. The molecule has 1 saturated carbocycles. The Balaban J connectivity index is 1.72. The quantitative estimate of drug-likeness (QED) is 0.756. The van der Waals surface area contributed by atoms with Crippen LogP contribution in [0.15, 0.2) is 24.3 Å². The molecule has 1 aromatic rings. The number of likely N-dealkylation sites (tertiary alicyclic amines) is 1. The normalized spacial score (nSPS) is 29.8. The molecule has 1 aliphatic carbocycles. The number of nitrogens with two attached hydrogens (primary N) is 1. The Labute approximate surface area is 145 Å². The Kier molecular flexibility index (Phi) is 5.26. The highest BCUT2D eigenvalue weighted by Crippen LogP contribution is 2.51. The molecular formula is C20H30N2O2. The van der Waals surface area contributed by atoms with Crippen molar-refractivity contribution in [2.24, 2.45) is 17.6 Å². The molecule has 2 unspecified atom stereocenters. The van der Waals surface area contributed by atoms with Crippen LogP contribution >= 0.6 is 0 Å². The molecule has 2 atom stereocenters. The molecule has 24 heavy (non-hydrogen) atoms. The molecule has 132 valence electrons. The molecule has 1 aliphatic heterocycles. The number of fused-ring (bicyclic) bond motifs is 2. The molecule has 3 rings (SSSR count). The van der Waals surface area contributed by atoms with Gasteiger partial charge in [-0.05, 0) is 43.5 Å². The fourth-order valence-electron chi connectivity index (χ4n) is 4.67. The molecule has 4 nitrogen and oxygen atoms in total. The van der Waals surface area contributed by atoms with Crippen molar-refractivity contribution in [1.82, 2.24) is 4.90 Å². The van der Waals surface area contributed by atoms with Crippen molar-refractivity contribution in [2.45, 2.75) is 51.0 Å². The Morgan fingerprint density at radius 2 is 1.96 bits per heavy atom. The van der Waals surface area contributed by atoms with Crippen molar-refractivity contribution in [3.8, 4) is 0 Å². The van der Waals surface area contributed by atoms with Crippen LogP contribution in [0.3, 0.4) is 0 Å². The molecule has 0 aromatic heterocycles. The van der Waals surface area contributed by atoms with E-state index in [1.165, 1.54) is 25.7 Å². The zero-order valence-electron chi connectivity index (χ0n) is 14.7. The number of primary amides is 1. The summed E-state index contributed by atoms with van der Waals surface area (Å²) in [6, 6.07) is 7.31. The Bertz CT molecular complexity index is 573. The molecular weight excluding hydrogens is 300 g/mol. The van der Waals surface area contributed by atoms with E-state index in [1.807, 2.05) is 12.1 Å². The van der Waals surface area contributed by atoms with Crippen LogP contribution in [0.4, 0.5) is 0 Å². The minimum Gasteiger partial charge on any atom is -0.384 e. The van der Waals surface area contributed by atoms with E-state index in [0.717, 1.165) is 38.0 Å². The molecule has 0 radical (unpaired) electrons. The molecule has 4 heteroatoms. The van der Waals surface area contributed by atoms with Gasteiger partial charge in [-0.1, -0.05) is 38.3 Å². The van der Waals surface area contributed by atoms with E-state index in [9.17, 15) is 9.90 Å². The standard InChI is InChI=1S/C20H30N2O2/c1-2-3-4-5-11-22-13-17-9-10-18(14-22)20(17,24)16-8-6-7-15(12-16)19(21)23/h6-8,12,17-18,24H,2-5,9-11,13-14H2,1H3,(H2,21,23). The van der Waals surface area contributed by atoms with Gasteiger partial charge in [0, 0.05) is 30.5 Å². The van der Waals surface area contributed by atoms with Crippen LogP contribution in [0.2, 0.25) is 0 Å². The Hall–Kier alpha value is -1.39. The van der Waals surface area contributed by atoms with Gasteiger partial charge in [-0.15, -0.1) is 0 Å². The number of unbranched alkanes of at least 4 members (excludes halogenated alkanes) is 3. The highest BCUT2D eigenvalue weighted by molar-refractivity contribution is 5.92. The summed E-state index contributed by atoms with van der Waals surface area (Å²) in [5.41, 5.74) is 5.97. The number of hydrogen-bond donors (Lipinski definition) is 2. The number of piperidine rings is 1. The first-order valence-corrected chi connectivity index (χ1v) is 9.40.